The van der Waals surface area contributed by atoms with Gasteiger partial charge in [-0.15, -0.1) is 0 Å². The molecular weight excluding hydrogens is 369 g/mol. The number of nitro benzene ring substituents is 1. The van der Waals surface area contributed by atoms with Crippen molar-refractivity contribution >= 4 is 51.8 Å². The molecule has 0 fully saturated rings. The molecule has 0 saturated heterocycles. The van der Waals surface area contributed by atoms with Crippen LogP contribution in [0.15, 0.2) is 34.6 Å². The molecule has 126 valence electrons. The zero-order valence-corrected chi connectivity index (χ0v) is 14.2. The standard InChI is InChI=1S/C16H9Cl2N3O4/c1-7-8(17)2-4-10-14(7)19-12(24-10)6-13-20-15-11(25-13)5-3-9(18)16(15)21(22)23/h2-6,19H,1H3/b12-6+. The summed E-state index contributed by atoms with van der Waals surface area (Å²) in [5.74, 6) is 1.15. The first kappa shape index (κ1) is 15.7. The Morgan fingerprint density at radius 1 is 1.24 bits per heavy atom. The summed E-state index contributed by atoms with van der Waals surface area (Å²) in [7, 11) is 0. The highest BCUT2D eigenvalue weighted by atomic mass is 35.5. The molecule has 0 saturated carbocycles. The van der Waals surface area contributed by atoms with Crippen LogP contribution in [0.5, 0.6) is 5.75 Å². The van der Waals surface area contributed by atoms with E-state index in [-0.39, 0.29) is 27.7 Å². The molecular formula is C16H9Cl2N3O4. The fourth-order valence-corrected chi connectivity index (χ4v) is 2.93. The third kappa shape index (κ3) is 2.57. The van der Waals surface area contributed by atoms with Crippen LogP contribution in [0.3, 0.4) is 0 Å². The number of nitrogens with zero attached hydrogens (tertiary/aromatic N) is 2. The number of hydrogen-bond donors (Lipinski definition) is 1. The number of hydrogen-bond acceptors (Lipinski definition) is 6. The molecule has 0 unspecified atom stereocenters. The van der Waals surface area contributed by atoms with Crippen molar-refractivity contribution in [1.29, 1.82) is 0 Å². The van der Waals surface area contributed by atoms with E-state index >= 15 is 0 Å². The maximum absolute atomic E-state index is 11.2. The van der Waals surface area contributed by atoms with E-state index in [2.05, 4.69) is 10.3 Å². The van der Waals surface area contributed by atoms with Gasteiger partial charge in [-0.3, -0.25) is 10.1 Å². The van der Waals surface area contributed by atoms with Gasteiger partial charge in [-0.25, -0.2) is 4.98 Å². The van der Waals surface area contributed by atoms with Crippen molar-refractivity contribution in [2.45, 2.75) is 6.92 Å². The lowest BCUT2D eigenvalue weighted by molar-refractivity contribution is -0.383. The van der Waals surface area contributed by atoms with Crippen molar-refractivity contribution < 1.29 is 14.1 Å². The Labute approximate surface area is 151 Å². The van der Waals surface area contributed by atoms with Crippen LogP contribution in [0.2, 0.25) is 10.0 Å². The van der Waals surface area contributed by atoms with E-state index < -0.39 is 4.92 Å². The molecule has 9 heteroatoms. The Morgan fingerprint density at radius 3 is 2.76 bits per heavy atom. The molecule has 0 amide bonds. The molecule has 0 bridgehead atoms. The average Bonchev–Trinajstić information content (AvgIpc) is 3.14. The van der Waals surface area contributed by atoms with Gasteiger partial charge in [-0.05, 0) is 36.8 Å². The van der Waals surface area contributed by atoms with Gasteiger partial charge in [-0.2, -0.15) is 0 Å². The second-order valence-electron chi connectivity index (χ2n) is 5.33. The first-order valence-corrected chi connectivity index (χ1v) is 7.89. The summed E-state index contributed by atoms with van der Waals surface area (Å²) >= 11 is 12.0. The third-order valence-electron chi connectivity index (χ3n) is 3.77. The van der Waals surface area contributed by atoms with Crippen molar-refractivity contribution in [3.8, 4) is 5.75 Å². The van der Waals surface area contributed by atoms with Gasteiger partial charge in [0.2, 0.25) is 11.8 Å². The third-order valence-corrected chi connectivity index (χ3v) is 4.48. The van der Waals surface area contributed by atoms with Gasteiger partial charge >= 0.3 is 5.69 Å². The lowest BCUT2D eigenvalue weighted by Gasteiger charge is -2.01. The molecule has 2 aromatic carbocycles. The minimum Gasteiger partial charge on any atom is -0.439 e. The van der Waals surface area contributed by atoms with Gasteiger partial charge in [0.15, 0.2) is 16.8 Å². The number of nitro groups is 1. The monoisotopic (exact) mass is 377 g/mol. The SMILES string of the molecule is Cc1c(Cl)ccc2c1N/C(=C\c1nc3c([N+](=O)[O-])c(Cl)ccc3o1)O2. The number of aromatic nitrogens is 1. The van der Waals surface area contributed by atoms with E-state index in [1.54, 1.807) is 12.1 Å². The molecule has 3 aromatic rings. The summed E-state index contributed by atoms with van der Waals surface area (Å²) in [4.78, 5) is 14.7. The van der Waals surface area contributed by atoms with Crippen molar-refractivity contribution in [1.82, 2.24) is 4.98 Å². The highest BCUT2D eigenvalue weighted by Crippen LogP contribution is 2.40. The molecule has 1 aliphatic heterocycles. The smallest absolute Gasteiger partial charge is 0.317 e. The summed E-state index contributed by atoms with van der Waals surface area (Å²) in [5, 5.41) is 14.9. The Hall–Kier alpha value is -2.77. The van der Waals surface area contributed by atoms with E-state index in [4.69, 9.17) is 32.4 Å². The van der Waals surface area contributed by atoms with Crippen LogP contribution in [0.1, 0.15) is 11.5 Å². The predicted octanol–water partition coefficient (Wildman–Crippen LogP) is 5.15. The molecule has 0 aliphatic carbocycles. The zero-order chi connectivity index (χ0) is 17.7. The van der Waals surface area contributed by atoms with Crippen LogP contribution in [0.4, 0.5) is 11.4 Å². The van der Waals surface area contributed by atoms with Crippen LogP contribution in [0.25, 0.3) is 17.2 Å². The Bertz CT molecular complexity index is 1070. The largest absolute Gasteiger partial charge is 0.439 e. The molecule has 0 radical (unpaired) electrons. The molecule has 1 N–H and O–H groups in total. The van der Waals surface area contributed by atoms with E-state index in [1.165, 1.54) is 18.2 Å². The first-order chi connectivity index (χ1) is 11.9. The van der Waals surface area contributed by atoms with E-state index in [9.17, 15) is 10.1 Å². The molecule has 7 nitrogen and oxygen atoms in total. The molecule has 0 spiro atoms. The van der Waals surface area contributed by atoms with Crippen molar-refractivity contribution in [2.75, 3.05) is 5.32 Å². The fourth-order valence-electron chi connectivity index (χ4n) is 2.55. The zero-order valence-electron chi connectivity index (χ0n) is 12.7. The van der Waals surface area contributed by atoms with E-state index in [0.29, 0.717) is 16.7 Å². The van der Waals surface area contributed by atoms with Crippen LogP contribution < -0.4 is 10.1 Å². The van der Waals surface area contributed by atoms with E-state index in [0.717, 1.165) is 11.3 Å². The van der Waals surface area contributed by atoms with Crippen LogP contribution >= 0.6 is 23.2 Å². The minimum absolute atomic E-state index is 0.00193. The summed E-state index contributed by atoms with van der Waals surface area (Å²) in [6.07, 6.45) is 1.50. The lowest BCUT2D eigenvalue weighted by Crippen LogP contribution is -1.97. The van der Waals surface area contributed by atoms with Gasteiger partial charge in [-0.1, -0.05) is 23.2 Å². The number of nitrogens with one attached hydrogen (secondary N) is 1. The number of halogens is 2. The maximum atomic E-state index is 11.2. The summed E-state index contributed by atoms with van der Waals surface area (Å²) < 4.78 is 11.2. The molecule has 2 heterocycles. The van der Waals surface area contributed by atoms with Gasteiger partial charge in [0.25, 0.3) is 0 Å². The maximum Gasteiger partial charge on any atom is 0.317 e. The van der Waals surface area contributed by atoms with Crippen molar-refractivity contribution in [3.05, 3.63) is 61.8 Å². The number of benzene rings is 2. The van der Waals surface area contributed by atoms with E-state index in [1.807, 2.05) is 6.92 Å². The summed E-state index contributed by atoms with van der Waals surface area (Å²) in [6.45, 7) is 1.87. The fraction of sp³-hybridized carbons (Fsp3) is 0.0625. The summed E-state index contributed by atoms with van der Waals surface area (Å²) in [5.41, 5.74) is 1.65. The minimum atomic E-state index is -0.588. The predicted molar refractivity (Wildman–Crippen MR) is 94.1 cm³/mol. The topological polar surface area (TPSA) is 90.4 Å². The number of anilines is 1. The number of fused-ring (bicyclic) bond motifs is 2. The van der Waals surface area contributed by atoms with Crippen LogP contribution in [0, 0.1) is 17.0 Å². The number of rotatable bonds is 2. The van der Waals surface area contributed by atoms with Crippen molar-refractivity contribution in [2.24, 2.45) is 0 Å². The van der Waals surface area contributed by atoms with Gasteiger partial charge in [0.05, 0.1) is 16.7 Å². The quantitative estimate of drug-likeness (QED) is 0.490. The molecule has 0 atom stereocenters. The van der Waals surface area contributed by atoms with Crippen molar-refractivity contribution in [3.63, 3.8) is 0 Å². The van der Waals surface area contributed by atoms with Gasteiger partial charge < -0.3 is 14.5 Å². The normalized spacial score (nSPS) is 14.4. The highest BCUT2D eigenvalue weighted by molar-refractivity contribution is 6.34. The Morgan fingerprint density at radius 2 is 2.00 bits per heavy atom. The van der Waals surface area contributed by atoms with Gasteiger partial charge in [0.1, 0.15) is 5.02 Å². The lowest BCUT2D eigenvalue weighted by atomic mass is 10.2. The second kappa shape index (κ2) is 5.65. The Balaban J connectivity index is 1.75. The molecule has 4 rings (SSSR count). The Kier molecular flexibility index (Phi) is 3.55. The average molecular weight is 378 g/mol. The highest BCUT2D eigenvalue weighted by Gasteiger charge is 2.24. The van der Waals surface area contributed by atoms with Crippen LogP contribution in [-0.4, -0.2) is 9.91 Å². The first-order valence-electron chi connectivity index (χ1n) is 7.13. The molecule has 25 heavy (non-hydrogen) atoms. The second-order valence-corrected chi connectivity index (χ2v) is 6.15. The molecule has 1 aromatic heterocycles. The van der Waals surface area contributed by atoms with Gasteiger partial charge in [0, 0.05) is 5.02 Å². The number of oxazole rings is 1. The molecule has 1 aliphatic rings. The van der Waals surface area contributed by atoms with Crippen LogP contribution in [-0.2, 0) is 0 Å². The summed E-state index contributed by atoms with van der Waals surface area (Å²) in [6, 6.07) is 6.41. The number of ether oxygens (including phenoxy) is 1.